The molecule has 2 aliphatic rings. The molecule has 2 heterocycles. The third kappa shape index (κ3) is 3.91. The van der Waals surface area contributed by atoms with Gasteiger partial charge in [0.25, 0.3) is 5.91 Å². The van der Waals surface area contributed by atoms with E-state index in [9.17, 15) is 4.79 Å². The van der Waals surface area contributed by atoms with Crippen LogP contribution in [0.1, 0.15) is 41.0 Å². The van der Waals surface area contributed by atoms with Gasteiger partial charge in [0.2, 0.25) is 0 Å². The Morgan fingerprint density at radius 1 is 1.21 bits per heavy atom. The maximum atomic E-state index is 13.1. The number of thiazole rings is 1. The number of halogens is 1. The summed E-state index contributed by atoms with van der Waals surface area (Å²) in [5.41, 5.74) is 1.60. The normalized spacial score (nSPS) is 18.6. The third-order valence-corrected chi connectivity index (χ3v) is 7.24. The van der Waals surface area contributed by atoms with Crippen LogP contribution in [0.25, 0.3) is 10.6 Å². The van der Waals surface area contributed by atoms with Crippen LogP contribution in [-0.2, 0) is 0 Å². The standard InChI is InChI=1S/C21H26ClN3O2S/c1-14-19(28-20(23-14)17-13-15(22)7-8-18(17)27-2)21(26)25-11-9-24(10-12-25)16-5-3-4-6-16/h7-8,13,16H,3-6,9-12H2,1-2H3. The lowest BCUT2D eigenvalue weighted by Crippen LogP contribution is -2.51. The fraction of sp³-hybridized carbons (Fsp3) is 0.524. The highest BCUT2D eigenvalue weighted by Crippen LogP contribution is 2.36. The van der Waals surface area contributed by atoms with Gasteiger partial charge >= 0.3 is 0 Å². The first kappa shape index (κ1) is 19.7. The van der Waals surface area contributed by atoms with E-state index >= 15 is 0 Å². The number of benzene rings is 1. The second kappa shape index (κ2) is 8.39. The van der Waals surface area contributed by atoms with Crippen LogP contribution in [0.5, 0.6) is 5.75 Å². The van der Waals surface area contributed by atoms with Crippen molar-refractivity contribution in [3.63, 3.8) is 0 Å². The molecule has 1 aliphatic heterocycles. The molecule has 1 aromatic heterocycles. The zero-order valence-corrected chi connectivity index (χ0v) is 18.0. The third-order valence-electron chi connectivity index (χ3n) is 5.83. The number of nitrogens with zero attached hydrogens (tertiary/aromatic N) is 3. The summed E-state index contributed by atoms with van der Waals surface area (Å²) < 4.78 is 5.45. The lowest BCUT2D eigenvalue weighted by Gasteiger charge is -2.37. The Labute approximate surface area is 175 Å². The minimum absolute atomic E-state index is 0.0910. The van der Waals surface area contributed by atoms with E-state index in [1.807, 2.05) is 24.0 Å². The second-order valence-corrected chi connectivity index (χ2v) is 8.98. The lowest BCUT2D eigenvalue weighted by atomic mass is 10.1. The van der Waals surface area contributed by atoms with Crippen molar-refractivity contribution in [2.24, 2.45) is 0 Å². The van der Waals surface area contributed by atoms with Gasteiger partial charge < -0.3 is 9.64 Å². The number of methoxy groups -OCH3 is 1. The number of aryl methyl sites for hydroxylation is 1. The second-order valence-electron chi connectivity index (χ2n) is 7.54. The smallest absolute Gasteiger partial charge is 0.265 e. The summed E-state index contributed by atoms with van der Waals surface area (Å²) in [5, 5.41) is 1.39. The molecule has 1 saturated heterocycles. The first-order chi connectivity index (χ1) is 13.6. The number of ether oxygens (including phenoxy) is 1. The Balaban J connectivity index is 1.49. The molecular formula is C21H26ClN3O2S. The van der Waals surface area contributed by atoms with Crippen molar-refractivity contribution in [1.29, 1.82) is 0 Å². The maximum absolute atomic E-state index is 13.1. The summed E-state index contributed by atoms with van der Waals surface area (Å²) in [6, 6.07) is 6.19. The first-order valence-corrected chi connectivity index (χ1v) is 11.1. The van der Waals surface area contributed by atoms with Crippen molar-refractivity contribution in [1.82, 2.24) is 14.8 Å². The van der Waals surface area contributed by atoms with Crippen molar-refractivity contribution >= 4 is 28.8 Å². The zero-order chi connectivity index (χ0) is 19.7. The molecule has 0 spiro atoms. The van der Waals surface area contributed by atoms with Crippen molar-refractivity contribution in [3.8, 4) is 16.3 Å². The van der Waals surface area contributed by atoms with Crippen LogP contribution in [0.4, 0.5) is 0 Å². The fourth-order valence-electron chi connectivity index (χ4n) is 4.26. The number of aromatic nitrogens is 1. The summed E-state index contributed by atoms with van der Waals surface area (Å²) in [5.74, 6) is 0.802. The molecule has 0 bridgehead atoms. The van der Waals surface area contributed by atoms with Gasteiger partial charge in [-0.3, -0.25) is 9.69 Å². The predicted molar refractivity (Wildman–Crippen MR) is 114 cm³/mol. The first-order valence-electron chi connectivity index (χ1n) is 9.91. The van der Waals surface area contributed by atoms with E-state index in [0.717, 1.165) is 48.5 Å². The molecule has 150 valence electrons. The van der Waals surface area contributed by atoms with Crippen LogP contribution in [0.3, 0.4) is 0 Å². The number of piperazine rings is 1. The SMILES string of the molecule is COc1ccc(Cl)cc1-c1nc(C)c(C(=O)N2CCN(C3CCCC3)CC2)s1. The van der Waals surface area contributed by atoms with Gasteiger partial charge in [-0.05, 0) is 38.0 Å². The van der Waals surface area contributed by atoms with Gasteiger partial charge in [-0.25, -0.2) is 4.98 Å². The quantitative estimate of drug-likeness (QED) is 0.732. The van der Waals surface area contributed by atoms with E-state index < -0.39 is 0 Å². The molecule has 2 aromatic rings. The summed E-state index contributed by atoms with van der Waals surface area (Å²) >= 11 is 7.59. The van der Waals surface area contributed by atoms with Gasteiger partial charge in [0.15, 0.2) is 0 Å². The Kier molecular flexibility index (Phi) is 5.90. The zero-order valence-electron chi connectivity index (χ0n) is 16.4. The molecule has 28 heavy (non-hydrogen) atoms. The Morgan fingerprint density at radius 3 is 2.61 bits per heavy atom. The highest BCUT2D eigenvalue weighted by Gasteiger charge is 2.30. The number of hydrogen-bond acceptors (Lipinski definition) is 5. The van der Waals surface area contributed by atoms with E-state index in [2.05, 4.69) is 9.88 Å². The predicted octanol–water partition coefficient (Wildman–Crippen LogP) is 4.48. The van der Waals surface area contributed by atoms with Crippen molar-refractivity contribution in [2.75, 3.05) is 33.3 Å². The lowest BCUT2D eigenvalue weighted by molar-refractivity contribution is 0.0577. The molecule has 0 N–H and O–H groups in total. The van der Waals surface area contributed by atoms with E-state index in [4.69, 9.17) is 16.3 Å². The molecule has 2 fully saturated rings. The Hall–Kier alpha value is -1.63. The number of carbonyl (C=O) groups is 1. The molecular weight excluding hydrogens is 394 g/mol. The molecule has 1 aromatic carbocycles. The molecule has 4 rings (SSSR count). The summed E-state index contributed by atoms with van der Waals surface area (Å²) in [6.07, 6.45) is 5.32. The summed E-state index contributed by atoms with van der Waals surface area (Å²) in [6.45, 7) is 5.44. The van der Waals surface area contributed by atoms with Gasteiger partial charge in [-0.2, -0.15) is 0 Å². The number of carbonyl (C=O) groups excluding carboxylic acids is 1. The Morgan fingerprint density at radius 2 is 1.93 bits per heavy atom. The highest BCUT2D eigenvalue weighted by molar-refractivity contribution is 7.17. The Bertz CT molecular complexity index is 855. The molecule has 0 atom stereocenters. The number of rotatable bonds is 4. The van der Waals surface area contributed by atoms with Crippen molar-refractivity contribution in [3.05, 3.63) is 33.8 Å². The molecule has 1 saturated carbocycles. The molecule has 1 aliphatic carbocycles. The molecule has 7 heteroatoms. The van der Waals surface area contributed by atoms with E-state index in [1.54, 1.807) is 13.2 Å². The minimum Gasteiger partial charge on any atom is -0.496 e. The highest BCUT2D eigenvalue weighted by atomic mass is 35.5. The van der Waals surface area contributed by atoms with Crippen LogP contribution in [0.15, 0.2) is 18.2 Å². The maximum Gasteiger partial charge on any atom is 0.265 e. The molecule has 0 unspecified atom stereocenters. The summed E-state index contributed by atoms with van der Waals surface area (Å²) in [4.78, 5) is 23.0. The summed E-state index contributed by atoms with van der Waals surface area (Å²) in [7, 11) is 1.63. The van der Waals surface area contributed by atoms with E-state index in [0.29, 0.717) is 15.6 Å². The van der Waals surface area contributed by atoms with Crippen LogP contribution < -0.4 is 4.74 Å². The van der Waals surface area contributed by atoms with E-state index in [-0.39, 0.29) is 5.91 Å². The molecule has 0 radical (unpaired) electrons. The van der Waals surface area contributed by atoms with Gasteiger partial charge in [0.1, 0.15) is 15.6 Å². The molecule has 5 nitrogen and oxygen atoms in total. The van der Waals surface area contributed by atoms with Gasteiger partial charge in [0, 0.05) is 37.2 Å². The fourth-order valence-corrected chi connectivity index (χ4v) is 5.49. The van der Waals surface area contributed by atoms with Gasteiger partial charge in [-0.15, -0.1) is 11.3 Å². The van der Waals surface area contributed by atoms with Crippen LogP contribution in [0.2, 0.25) is 5.02 Å². The van der Waals surface area contributed by atoms with E-state index in [1.165, 1.54) is 37.0 Å². The minimum atomic E-state index is 0.0910. The monoisotopic (exact) mass is 419 g/mol. The van der Waals surface area contributed by atoms with Crippen LogP contribution in [0, 0.1) is 6.92 Å². The van der Waals surface area contributed by atoms with Crippen molar-refractivity contribution in [2.45, 2.75) is 38.6 Å². The van der Waals surface area contributed by atoms with Crippen LogP contribution in [-0.4, -0.2) is 60.0 Å². The van der Waals surface area contributed by atoms with Crippen molar-refractivity contribution < 1.29 is 9.53 Å². The molecule has 1 amide bonds. The number of amides is 1. The van der Waals surface area contributed by atoms with Crippen LogP contribution >= 0.6 is 22.9 Å². The number of hydrogen-bond donors (Lipinski definition) is 0. The van der Waals surface area contributed by atoms with Gasteiger partial charge in [0.05, 0.1) is 18.4 Å². The topological polar surface area (TPSA) is 45.7 Å². The average molecular weight is 420 g/mol. The average Bonchev–Trinajstić information content (AvgIpc) is 3.37. The van der Waals surface area contributed by atoms with Gasteiger partial charge in [-0.1, -0.05) is 24.4 Å². The largest absolute Gasteiger partial charge is 0.496 e.